The van der Waals surface area contributed by atoms with Gasteiger partial charge in [0.1, 0.15) is 0 Å². The summed E-state index contributed by atoms with van der Waals surface area (Å²) < 4.78 is 14.4. The molecule has 1 N–H and O–H groups in total. The molecule has 6 nitrogen and oxygen atoms in total. The molecule has 0 amide bonds. The Morgan fingerprint density at radius 2 is 2.14 bits per heavy atom. The third-order valence-electron chi connectivity index (χ3n) is 2.69. The van der Waals surface area contributed by atoms with Crippen molar-refractivity contribution in [1.82, 2.24) is 14.6 Å². The zero-order chi connectivity index (χ0) is 14.8. The Bertz CT molecular complexity index is 871. The third kappa shape index (κ3) is 2.65. The Hall–Kier alpha value is -2.61. The van der Waals surface area contributed by atoms with Crippen LogP contribution >= 0.6 is 11.3 Å². The van der Waals surface area contributed by atoms with Gasteiger partial charge in [-0.15, -0.1) is 5.10 Å². The number of halogens is 1. The average molecular weight is 303 g/mol. The van der Waals surface area contributed by atoms with Gasteiger partial charge in [-0.05, 0) is 12.5 Å². The van der Waals surface area contributed by atoms with Crippen molar-refractivity contribution in [2.24, 2.45) is 5.10 Å². The van der Waals surface area contributed by atoms with Crippen LogP contribution in [0, 0.1) is 12.7 Å². The van der Waals surface area contributed by atoms with Crippen molar-refractivity contribution in [3.8, 4) is 0 Å². The zero-order valence-corrected chi connectivity index (χ0v) is 11.8. The molecule has 0 aliphatic rings. The normalized spacial score (nSPS) is 11.3. The Morgan fingerprint density at radius 1 is 1.38 bits per heavy atom. The Kier molecular flexibility index (Phi) is 3.44. The van der Waals surface area contributed by atoms with Crippen molar-refractivity contribution in [3.05, 3.63) is 57.8 Å². The fourth-order valence-electron chi connectivity index (χ4n) is 1.67. The molecule has 2 aromatic heterocycles. The predicted octanol–water partition coefficient (Wildman–Crippen LogP) is 2.04. The fourth-order valence-corrected chi connectivity index (χ4v) is 2.46. The SMILES string of the molecule is Cc1nc2sc(N/N=C/c3ccccc3)nn2c(=O)c1F. The lowest BCUT2D eigenvalue weighted by molar-refractivity contribution is 0.580. The first-order chi connectivity index (χ1) is 10.1. The lowest BCUT2D eigenvalue weighted by Crippen LogP contribution is -2.20. The number of hydrogen-bond donors (Lipinski definition) is 1. The summed E-state index contributed by atoms with van der Waals surface area (Å²) in [6.07, 6.45) is 1.62. The van der Waals surface area contributed by atoms with Crippen molar-refractivity contribution < 1.29 is 4.39 Å². The van der Waals surface area contributed by atoms with Crippen LogP contribution in [-0.4, -0.2) is 20.8 Å². The fraction of sp³-hybridized carbons (Fsp3) is 0.0769. The third-order valence-corrected chi connectivity index (χ3v) is 3.51. The quantitative estimate of drug-likeness (QED) is 0.594. The highest BCUT2D eigenvalue weighted by atomic mass is 32.1. The standard InChI is InChI=1S/C13H10FN5OS/c1-8-10(14)11(20)19-13(16-8)21-12(18-19)17-15-7-9-5-3-2-4-6-9/h2-7H,1H3,(H,17,18)/b15-7+. The second-order valence-corrected chi connectivity index (χ2v) is 5.15. The summed E-state index contributed by atoms with van der Waals surface area (Å²) in [5.41, 5.74) is 2.87. The highest BCUT2D eigenvalue weighted by Gasteiger charge is 2.12. The number of nitrogens with one attached hydrogen (secondary N) is 1. The molecule has 8 heteroatoms. The summed E-state index contributed by atoms with van der Waals surface area (Å²) in [4.78, 5) is 16.0. The van der Waals surface area contributed by atoms with Crippen molar-refractivity contribution in [3.63, 3.8) is 0 Å². The molecular formula is C13H10FN5OS. The smallest absolute Gasteiger partial charge is 0.264 e. The maximum atomic E-state index is 13.5. The Morgan fingerprint density at radius 3 is 2.90 bits per heavy atom. The van der Waals surface area contributed by atoms with Gasteiger partial charge in [0, 0.05) is 0 Å². The van der Waals surface area contributed by atoms with E-state index in [0.29, 0.717) is 10.1 Å². The van der Waals surface area contributed by atoms with E-state index in [2.05, 4.69) is 20.6 Å². The molecule has 0 atom stereocenters. The van der Waals surface area contributed by atoms with Crippen LogP contribution in [0.4, 0.5) is 9.52 Å². The van der Waals surface area contributed by atoms with E-state index in [1.165, 1.54) is 6.92 Å². The molecule has 0 spiro atoms. The number of anilines is 1. The van der Waals surface area contributed by atoms with E-state index < -0.39 is 11.4 Å². The van der Waals surface area contributed by atoms with Gasteiger partial charge in [0.15, 0.2) is 0 Å². The molecule has 0 unspecified atom stereocenters. The van der Waals surface area contributed by atoms with Gasteiger partial charge in [-0.3, -0.25) is 10.2 Å². The summed E-state index contributed by atoms with van der Waals surface area (Å²) in [6, 6.07) is 9.50. The van der Waals surface area contributed by atoms with Gasteiger partial charge >= 0.3 is 5.56 Å². The molecule has 0 saturated heterocycles. The number of nitrogens with zero attached hydrogens (tertiary/aromatic N) is 4. The minimum atomic E-state index is -0.892. The van der Waals surface area contributed by atoms with Gasteiger partial charge in [-0.1, -0.05) is 41.7 Å². The zero-order valence-electron chi connectivity index (χ0n) is 10.9. The molecular weight excluding hydrogens is 293 g/mol. The first-order valence-corrected chi connectivity index (χ1v) is 6.87. The number of hydrazone groups is 1. The van der Waals surface area contributed by atoms with Crippen LogP contribution in [0.3, 0.4) is 0 Å². The summed E-state index contributed by atoms with van der Waals surface area (Å²) in [5.74, 6) is -0.892. The van der Waals surface area contributed by atoms with Gasteiger partial charge in [0.2, 0.25) is 15.9 Å². The van der Waals surface area contributed by atoms with E-state index >= 15 is 0 Å². The number of hydrogen-bond acceptors (Lipinski definition) is 6. The maximum absolute atomic E-state index is 13.5. The van der Waals surface area contributed by atoms with E-state index in [0.717, 1.165) is 21.4 Å². The molecule has 3 aromatic rings. The molecule has 106 valence electrons. The van der Waals surface area contributed by atoms with E-state index in [1.54, 1.807) is 6.21 Å². The predicted molar refractivity (Wildman–Crippen MR) is 79.5 cm³/mol. The van der Waals surface area contributed by atoms with E-state index in [-0.39, 0.29) is 5.69 Å². The van der Waals surface area contributed by atoms with E-state index in [1.807, 2.05) is 30.3 Å². The maximum Gasteiger partial charge on any atom is 0.311 e. The number of fused-ring (bicyclic) bond motifs is 1. The molecule has 0 saturated carbocycles. The Labute approximate surface area is 122 Å². The van der Waals surface area contributed by atoms with Crippen LogP contribution in [0.25, 0.3) is 4.96 Å². The lowest BCUT2D eigenvalue weighted by atomic mass is 10.2. The largest absolute Gasteiger partial charge is 0.311 e. The number of rotatable bonds is 3. The molecule has 0 radical (unpaired) electrons. The summed E-state index contributed by atoms with van der Waals surface area (Å²) >= 11 is 1.12. The minimum absolute atomic E-state index is 0.0583. The summed E-state index contributed by atoms with van der Waals surface area (Å²) in [6.45, 7) is 1.44. The van der Waals surface area contributed by atoms with Crippen molar-refractivity contribution >= 4 is 27.6 Å². The molecule has 0 bridgehead atoms. The molecule has 2 heterocycles. The minimum Gasteiger partial charge on any atom is -0.264 e. The highest BCUT2D eigenvalue weighted by Crippen LogP contribution is 2.17. The van der Waals surface area contributed by atoms with Crippen LogP contribution in [-0.2, 0) is 0 Å². The summed E-state index contributed by atoms with van der Waals surface area (Å²) in [5, 5.41) is 8.32. The van der Waals surface area contributed by atoms with Crippen molar-refractivity contribution in [2.75, 3.05) is 5.43 Å². The van der Waals surface area contributed by atoms with Crippen LogP contribution < -0.4 is 11.0 Å². The van der Waals surface area contributed by atoms with E-state index in [4.69, 9.17) is 0 Å². The molecule has 1 aromatic carbocycles. The van der Waals surface area contributed by atoms with Gasteiger partial charge < -0.3 is 0 Å². The molecule has 0 aliphatic carbocycles. The Balaban J connectivity index is 1.87. The van der Waals surface area contributed by atoms with Gasteiger partial charge in [-0.2, -0.15) is 14.0 Å². The monoisotopic (exact) mass is 303 g/mol. The van der Waals surface area contributed by atoms with Gasteiger partial charge in [0.25, 0.3) is 0 Å². The van der Waals surface area contributed by atoms with Crippen molar-refractivity contribution in [1.29, 1.82) is 0 Å². The van der Waals surface area contributed by atoms with Gasteiger partial charge in [0.05, 0.1) is 11.9 Å². The van der Waals surface area contributed by atoms with Crippen molar-refractivity contribution in [2.45, 2.75) is 6.92 Å². The molecule has 0 aliphatic heterocycles. The van der Waals surface area contributed by atoms with Crippen LogP contribution in [0.2, 0.25) is 0 Å². The molecule has 21 heavy (non-hydrogen) atoms. The first-order valence-electron chi connectivity index (χ1n) is 6.05. The van der Waals surface area contributed by atoms with Crippen LogP contribution in [0.1, 0.15) is 11.3 Å². The lowest BCUT2D eigenvalue weighted by Gasteiger charge is -1.93. The van der Waals surface area contributed by atoms with Gasteiger partial charge in [-0.25, -0.2) is 4.98 Å². The topological polar surface area (TPSA) is 71.7 Å². The second-order valence-electron chi connectivity index (χ2n) is 4.20. The van der Waals surface area contributed by atoms with Crippen LogP contribution in [0.15, 0.2) is 40.2 Å². The average Bonchev–Trinajstić information content (AvgIpc) is 2.89. The highest BCUT2D eigenvalue weighted by molar-refractivity contribution is 7.20. The summed E-state index contributed by atoms with van der Waals surface area (Å²) in [7, 11) is 0. The second kappa shape index (κ2) is 5.41. The first kappa shape index (κ1) is 13.4. The van der Waals surface area contributed by atoms with E-state index in [9.17, 15) is 9.18 Å². The number of aryl methyl sites for hydroxylation is 1. The molecule has 3 rings (SSSR count). The number of benzene rings is 1. The number of aromatic nitrogens is 3. The van der Waals surface area contributed by atoms with Crippen LogP contribution in [0.5, 0.6) is 0 Å². The molecule has 0 fully saturated rings.